The smallest absolute Gasteiger partial charge is 0.356 e. The van der Waals surface area contributed by atoms with Crippen LogP contribution in [0.1, 0.15) is 38.2 Å². The SMILES string of the molecule is CCCCCC[n+]1c(NCc2cc(Cl)cc(Cl)c2[O-])[nH]c2ccccc21. The van der Waals surface area contributed by atoms with Gasteiger partial charge in [0.2, 0.25) is 0 Å². The van der Waals surface area contributed by atoms with Gasteiger partial charge in [0.05, 0.1) is 13.1 Å². The molecule has 0 saturated heterocycles. The minimum absolute atomic E-state index is 0.151. The van der Waals surface area contributed by atoms with Crippen molar-refractivity contribution in [3.05, 3.63) is 52.0 Å². The van der Waals surface area contributed by atoms with E-state index in [1.165, 1.54) is 25.3 Å². The molecule has 1 heterocycles. The van der Waals surface area contributed by atoms with Crippen LogP contribution in [0.2, 0.25) is 10.0 Å². The highest BCUT2D eigenvalue weighted by molar-refractivity contribution is 6.35. The topological polar surface area (TPSA) is 54.8 Å². The molecular formula is C20H23Cl2N3O. The third-order valence-corrected chi connectivity index (χ3v) is 4.98. The van der Waals surface area contributed by atoms with Gasteiger partial charge >= 0.3 is 5.95 Å². The van der Waals surface area contributed by atoms with Crippen molar-refractivity contribution in [3.63, 3.8) is 0 Å². The van der Waals surface area contributed by atoms with E-state index in [2.05, 4.69) is 33.9 Å². The van der Waals surface area contributed by atoms with Crippen molar-refractivity contribution in [1.82, 2.24) is 4.98 Å². The lowest BCUT2D eigenvalue weighted by Crippen LogP contribution is -2.36. The fraction of sp³-hybridized carbons (Fsp3) is 0.350. The predicted molar refractivity (Wildman–Crippen MR) is 106 cm³/mol. The molecule has 0 aliphatic heterocycles. The molecule has 138 valence electrons. The Balaban J connectivity index is 1.82. The second-order valence-electron chi connectivity index (χ2n) is 6.43. The number of aromatic amines is 1. The van der Waals surface area contributed by atoms with Gasteiger partial charge in [0.1, 0.15) is 11.0 Å². The summed E-state index contributed by atoms with van der Waals surface area (Å²) in [6.07, 6.45) is 4.78. The number of nitrogens with one attached hydrogen (secondary N) is 2. The number of hydrogen-bond donors (Lipinski definition) is 2. The first-order valence-electron chi connectivity index (χ1n) is 8.99. The second-order valence-corrected chi connectivity index (χ2v) is 7.28. The number of fused-ring (bicyclic) bond motifs is 1. The molecule has 0 aliphatic rings. The Bertz CT molecular complexity index is 892. The molecule has 0 unspecified atom stereocenters. The summed E-state index contributed by atoms with van der Waals surface area (Å²) in [5.41, 5.74) is 2.77. The van der Waals surface area contributed by atoms with Crippen LogP contribution in [0.15, 0.2) is 36.4 Å². The van der Waals surface area contributed by atoms with E-state index in [9.17, 15) is 5.11 Å². The number of halogens is 2. The molecule has 0 aliphatic carbocycles. The molecule has 0 fully saturated rings. The zero-order valence-electron chi connectivity index (χ0n) is 14.8. The van der Waals surface area contributed by atoms with Gasteiger partial charge < -0.3 is 5.11 Å². The molecule has 26 heavy (non-hydrogen) atoms. The third kappa shape index (κ3) is 4.25. The van der Waals surface area contributed by atoms with Gasteiger partial charge in [0.15, 0.2) is 0 Å². The maximum Gasteiger partial charge on any atom is 0.356 e. The van der Waals surface area contributed by atoms with Crippen molar-refractivity contribution in [1.29, 1.82) is 0 Å². The monoisotopic (exact) mass is 391 g/mol. The first-order chi connectivity index (χ1) is 12.6. The van der Waals surface area contributed by atoms with E-state index in [0.29, 0.717) is 17.1 Å². The van der Waals surface area contributed by atoms with E-state index in [1.54, 1.807) is 6.07 Å². The minimum Gasteiger partial charge on any atom is -0.871 e. The van der Waals surface area contributed by atoms with Gasteiger partial charge in [0.25, 0.3) is 0 Å². The van der Waals surface area contributed by atoms with E-state index in [-0.39, 0.29) is 10.8 Å². The van der Waals surface area contributed by atoms with Crippen molar-refractivity contribution in [2.45, 2.75) is 45.7 Å². The van der Waals surface area contributed by atoms with Gasteiger partial charge in [-0.25, -0.2) is 9.55 Å². The molecule has 6 heteroatoms. The van der Waals surface area contributed by atoms with Crippen LogP contribution < -0.4 is 15.0 Å². The molecule has 4 nitrogen and oxygen atoms in total. The standard InChI is InChI=1S/C20H23Cl2N3O/c1-2-3-4-7-10-25-18-9-6-5-8-17(18)24-20(25)23-13-14-11-15(21)12-16(22)19(14)26/h5-6,8-9,11-12H,2-4,7,10,13H2,1H3,(H2,23,24,26). The molecule has 2 aromatic carbocycles. The van der Waals surface area contributed by atoms with E-state index < -0.39 is 0 Å². The molecule has 0 bridgehead atoms. The second kappa shape index (κ2) is 8.65. The fourth-order valence-electron chi connectivity index (χ4n) is 3.12. The van der Waals surface area contributed by atoms with Gasteiger partial charge in [0, 0.05) is 10.0 Å². The number of hydrogen-bond acceptors (Lipinski definition) is 2. The molecule has 3 aromatic rings. The number of imidazole rings is 1. The van der Waals surface area contributed by atoms with E-state index in [4.69, 9.17) is 23.2 Å². The Hall–Kier alpha value is -1.91. The summed E-state index contributed by atoms with van der Waals surface area (Å²) in [4.78, 5) is 3.41. The highest BCUT2D eigenvalue weighted by Crippen LogP contribution is 2.29. The largest absolute Gasteiger partial charge is 0.871 e. The van der Waals surface area contributed by atoms with Crippen molar-refractivity contribution < 1.29 is 9.67 Å². The molecule has 0 saturated carbocycles. The summed E-state index contributed by atoms with van der Waals surface area (Å²) < 4.78 is 2.24. The maximum atomic E-state index is 12.2. The van der Waals surface area contributed by atoms with Gasteiger partial charge in [-0.15, -0.1) is 0 Å². The van der Waals surface area contributed by atoms with E-state index >= 15 is 0 Å². The summed E-state index contributed by atoms with van der Waals surface area (Å²) in [7, 11) is 0. The maximum absolute atomic E-state index is 12.2. The number of nitrogens with zero attached hydrogens (tertiary/aromatic N) is 1. The van der Waals surface area contributed by atoms with Crippen LogP contribution in [-0.4, -0.2) is 4.98 Å². The Kier molecular flexibility index (Phi) is 6.28. The lowest BCUT2D eigenvalue weighted by atomic mass is 10.2. The van der Waals surface area contributed by atoms with Crippen molar-refractivity contribution >= 4 is 40.2 Å². The van der Waals surface area contributed by atoms with Crippen molar-refractivity contribution in [3.8, 4) is 5.75 Å². The highest BCUT2D eigenvalue weighted by Gasteiger charge is 2.16. The van der Waals surface area contributed by atoms with Gasteiger partial charge in [-0.05, 0) is 36.2 Å². The number of aromatic nitrogens is 2. The quantitative estimate of drug-likeness (QED) is 0.417. The van der Waals surface area contributed by atoms with Crippen LogP contribution in [0.4, 0.5) is 5.95 Å². The predicted octanol–water partition coefficient (Wildman–Crippen LogP) is 5.03. The van der Waals surface area contributed by atoms with Crippen molar-refractivity contribution in [2.75, 3.05) is 5.32 Å². The summed E-state index contributed by atoms with van der Waals surface area (Å²) >= 11 is 12.0. The number of para-hydroxylation sites is 2. The van der Waals surface area contributed by atoms with Gasteiger partial charge in [-0.2, -0.15) is 0 Å². The summed E-state index contributed by atoms with van der Waals surface area (Å²) in [5, 5.41) is 16.2. The van der Waals surface area contributed by atoms with Crippen LogP contribution in [0.5, 0.6) is 5.75 Å². The number of anilines is 1. The van der Waals surface area contributed by atoms with Crippen LogP contribution in [-0.2, 0) is 13.1 Å². The molecule has 3 rings (SSSR count). The normalized spacial score (nSPS) is 11.2. The van der Waals surface area contributed by atoms with E-state index in [0.717, 1.165) is 29.9 Å². The molecule has 0 amide bonds. The first kappa shape index (κ1) is 18.9. The number of aryl methyl sites for hydroxylation is 1. The number of benzene rings is 2. The molecule has 2 N–H and O–H groups in total. The molecule has 0 atom stereocenters. The molecule has 0 radical (unpaired) electrons. The molecule has 0 spiro atoms. The summed E-state index contributed by atoms with van der Waals surface area (Å²) in [6.45, 7) is 3.50. The fourth-order valence-corrected chi connectivity index (χ4v) is 3.66. The highest BCUT2D eigenvalue weighted by atomic mass is 35.5. The van der Waals surface area contributed by atoms with Crippen LogP contribution in [0, 0.1) is 0 Å². The lowest BCUT2D eigenvalue weighted by Gasteiger charge is -2.15. The summed E-state index contributed by atoms with van der Waals surface area (Å²) in [6, 6.07) is 11.3. The first-order valence-corrected chi connectivity index (χ1v) is 9.75. The Morgan fingerprint density at radius 3 is 2.73 bits per heavy atom. The Morgan fingerprint density at radius 1 is 1.12 bits per heavy atom. The number of rotatable bonds is 8. The average Bonchev–Trinajstić information content (AvgIpc) is 2.98. The minimum atomic E-state index is -0.186. The van der Waals surface area contributed by atoms with Gasteiger partial charge in [-0.1, -0.05) is 67.3 Å². The number of unbranched alkanes of at least 4 members (excludes halogenated alkanes) is 3. The van der Waals surface area contributed by atoms with Crippen LogP contribution in [0.25, 0.3) is 11.0 Å². The van der Waals surface area contributed by atoms with Crippen LogP contribution in [0.3, 0.4) is 0 Å². The lowest BCUT2D eigenvalue weighted by molar-refractivity contribution is -0.657. The summed E-state index contributed by atoms with van der Waals surface area (Å²) in [5.74, 6) is 0.701. The Labute approximate surface area is 163 Å². The zero-order chi connectivity index (χ0) is 18.5. The number of H-pyrrole nitrogens is 1. The van der Waals surface area contributed by atoms with E-state index in [1.807, 2.05) is 12.1 Å². The van der Waals surface area contributed by atoms with Crippen LogP contribution >= 0.6 is 23.2 Å². The van der Waals surface area contributed by atoms with Crippen molar-refractivity contribution in [2.24, 2.45) is 0 Å². The van der Waals surface area contributed by atoms with Gasteiger partial charge in [-0.3, -0.25) is 5.32 Å². The molecule has 1 aromatic heterocycles. The third-order valence-electron chi connectivity index (χ3n) is 4.48. The average molecular weight is 392 g/mol. The zero-order valence-corrected chi connectivity index (χ0v) is 16.3. The Morgan fingerprint density at radius 2 is 1.92 bits per heavy atom. The molecular weight excluding hydrogens is 369 g/mol.